The van der Waals surface area contributed by atoms with Crippen molar-refractivity contribution in [2.45, 2.75) is 13.0 Å². The van der Waals surface area contributed by atoms with Crippen LogP contribution in [0, 0.1) is 6.92 Å². The van der Waals surface area contributed by atoms with Crippen LogP contribution in [0.1, 0.15) is 5.56 Å². The zero-order valence-corrected chi connectivity index (χ0v) is 13.2. The monoisotopic (exact) mass is 307 g/mol. The standard InChI is InChI=1S/C20H21NO2/c1-15-5-4-8-18(11-15)21-13-19(22)14-23-20-10-9-16-6-2-3-7-17(16)12-20/h2-12,19,21-22H,13-14H2,1H3. The van der Waals surface area contributed by atoms with Gasteiger partial charge in [-0.05, 0) is 47.5 Å². The first-order valence-electron chi connectivity index (χ1n) is 7.81. The van der Waals surface area contributed by atoms with Gasteiger partial charge < -0.3 is 15.2 Å². The Hall–Kier alpha value is -2.52. The summed E-state index contributed by atoms with van der Waals surface area (Å²) in [6.07, 6.45) is -0.568. The summed E-state index contributed by atoms with van der Waals surface area (Å²) in [5.41, 5.74) is 2.20. The van der Waals surface area contributed by atoms with Gasteiger partial charge in [-0.25, -0.2) is 0 Å². The number of aliphatic hydroxyl groups excluding tert-OH is 1. The molecule has 2 N–H and O–H groups in total. The second kappa shape index (κ2) is 7.16. The molecule has 0 aliphatic rings. The Bertz CT molecular complexity index is 785. The molecule has 23 heavy (non-hydrogen) atoms. The van der Waals surface area contributed by atoms with Gasteiger partial charge in [0.05, 0.1) is 0 Å². The number of aliphatic hydroxyl groups is 1. The molecule has 0 bridgehead atoms. The molecule has 0 fully saturated rings. The van der Waals surface area contributed by atoms with Gasteiger partial charge in [-0.3, -0.25) is 0 Å². The highest BCUT2D eigenvalue weighted by molar-refractivity contribution is 5.83. The minimum Gasteiger partial charge on any atom is -0.491 e. The van der Waals surface area contributed by atoms with Gasteiger partial charge in [-0.1, -0.05) is 42.5 Å². The first-order valence-corrected chi connectivity index (χ1v) is 7.81. The number of fused-ring (bicyclic) bond motifs is 1. The number of hydrogen-bond acceptors (Lipinski definition) is 3. The van der Waals surface area contributed by atoms with Crippen molar-refractivity contribution in [3.8, 4) is 5.75 Å². The second-order valence-electron chi connectivity index (χ2n) is 5.72. The van der Waals surface area contributed by atoms with E-state index in [1.54, 1.807) is 0 Å². The van der Waals surface area contributed by atoms with E-state index in [-0.39, 0.29) is 6.61 Å². The van der Waals surface area contributed by atoms with Gasteiger partial charge in [0.15, 0.2) is 0 Å². The normalized spacial score (nSPS) is 12.1. The van der Waals surface area contributed by atoms with E-state index in [1.165, 1.54) is 10.9 Å². The molecule has 0 saturated carbocycles. The van der Waals surface area contributed by atoms with E-state index >= 15 is 0 Å². The maximum absolute atomic E-state index is 10.1. The molecule has 3 nitrogen and oxygen atoms in total. The first-order chi connectivity index (χ1) is 11.2. The van der Waals surface area contributed by atoms with Crippen molar-refractivity contribution in [1.29, 1.82) is 0 Å². The van der Waals surface area contributed by atoms with Crippen LogP contribution in [0.15, 0.2) is 66.7 Å². The van der Waals surface area contributed by atoms with Crippen molar-refractivity contribution in [3.63, 3.8) is 0 Å². The summed E-state index contributed by atoms with van der Waals surface area (Å²) in [6, 6.07) is 22.2. The highest BCUT2D eigenvalue weighted by Crippen LogP contribution is 2.20. The van der Waals surface area contributed by atoms with Crippen LogP contribution in [0.25, 0.3) is 10.8 Å². The molecule has 3 rings (SSSR count). The van der Waals surface area contributed by atoms with Gasteiger partial charge >= 0.3 is 0 Å². The van der Waals surface area contributed by atoms with E-state index < -0.39 is 6.10 Å². The number of rotatable bonds is 6. The Kier molecular flexibility index (Phi) is 4.79. The van der Waals surface area contributed by atoms with E-state index in [1.807, 2.05) is 55.5 Å². The van der Waals surface area contributed by atoms with Gasteiger partial charge in [0.2, 0.25) is 0 Å². The van der Waals surface area contributed by atoms with Crippen LogP contribution in [-0.4, -0.2) is 24.4 Å². The first kappa shape index (κ1) is 15.4. The van der Waals surface area contributed by atoms with Crippen molar-refractivity contribution in [2.24, 2.45) is 0 Å². The summed E-state index contributed by atoms with van der Waals surface area (Å²) < 4.78 is 5.70. The molecule has 3 aromatic rings. The highest BCUT2D eigenvalue weighted by Gasteiger charge is 2.06. The summed E-state index contributed by atoms with van der Waals surface area (Å²) in [7, 11) is 0. The Balaban J connectivity index is 1.52. The van der Waals surface area contributed by atoms with Crippen molar-refractivity contribution >= 4 is 16.5 Å². The Morgan fingerprint density at radius 3 is 2.61 bits per heavy atom. The third kappa shape index (κ3) is 4.24. The second-order valence-corrected chi connectivity index (χ2v) is 5.72. The summed E-state index contributed by atoms with van der Waals surface area (Å²) in [5.74, 6) is 0.776. The number of hydrogen-bond donors (Lipinski definition) is 2. The van der Waals surface area contributed by atoms with Crippen LogP contribution < -0.4 is 10.1 Å². The number of benzene rings is 3. The van der Waals surface area contributed by atoms with Gasteiger partial charge in [0.1, 0.15) is 18.5 Å². The van der Waals surface area contributed by atoms with Gasteiger partial charge in [-0.2, -0.15) is 0 Å². The van der Waals surface area contributed by atoms with Gasteiger partial charge in [0.25, 0.3) is 0 Å². The third-order valence-corrected chi connectivity index (χ3v) is 3.72. The lowest BCUT2D eigenvalue weighted by atomic mass is 10.1. The smallest absolute Gasteiger partial charge is 0.120 e. The van der Waals surface area contributed by atoms with E-state index in [4.69, 9.17) is 4.74 Å². The average Bonchev–Trinajstić information content (AvgIpc) is 2.58. The van der Waals surface area contributed by atoms with Crippen LogP contribution in [0.5, 0.6) is 5.75 Å². The fourth-order valence-electron chi connectivity index (χ4n) is 2.50. The molecule has 0 aliphatic heterocycles. The molecule has 0 spiro atoms. The topological polar surface area (TPSA) is 41.5 Å². The number of anilines is 1. The molecule has 1 atom stereocenters. The molecule has 3 aromatic carbocycles. The zero-order valence-electron chi connectivity index (χ0n) is 13.2. The van der Waals surface area contributed by atoms with Gasteiger partial charge in [0, 0.05) is 12.2 Å². The van der Waals surface area contributed by atoms with E-state index in [0.717, 1.165) is 16.8 Å². The summed E-state index contributed by atoms with van der Waals surface area (Å²) >= 11 is 0. The summed E-state index contributed by atoms with van der Waals surface area (Å²) in [4.78, 5) is 0. The number of ether oxygens (including phenoxy) is 1. The largest absolute Gasteiger partial charge is 0.491 e. The Morgan fingerprint density at radius 1 is 0.957 bits per heavy atom. The van der Waals surface area contributed by atoms with Crippen LogP contribution >= 0.6 is 0 Å². The van der Waals surface area contributed by atoms with Crippen molar-refractivity contribution in [3.05, 3.63) is 72.3 Å². The molecule has 0 saturated heterocycles. The SMILES string of the molecule is Cc1cccc(NCC(O)COc2ccc3ccccc3c2)c1. The molecule has 1 unspecified atom stereocenters. The fraction of sp³-hybridized carbons (Fsp3) is 0.200. The van der Waals surface area contributed by atoms with Crippen LogP contribution in [-0.2, 0) is 0 Å². The molecule has 0 aromatic heterocycles. The predicted molar refractivity (Wildman–Crippen MR) is 95.1 cm³/mol. The number of nitrogens with one attached hydrogen (secondary N) is 1. The zero-order chi connectivity index (χ0) is 16.1. The van der Waals surface area contributed by atoms with E-state index in [9.17, 15) is 5.11 Å². The van der Waals surface area contributed by atoms with Crippen molar-refractivity contribution < 1.29 is 9.84 Å². The highest BCUT2D eigenvalue weighted by atomic mass is 16.5. The van der Waals surface area contributed by atoms with Crippen LogP contribution in [0.4, 0.5) is 5.69 Å². The lowest BCUT2D eigenvalue weighted by molar-refractivity contribution is 0.117. The quantitative estimate of drug-likeness (QED) is 0.723. The van der Waals surface area contributed by atoms with Crippen molar-refractivity contribution in [1.82, 2.24) is 0 Å². The summed E-state index contributed by atoms with van der Waals surface area (Å²) in [5, 5.41) is 15.6. The molecular formula is C20H21NO2. The fourth-order valence-corrected chi connectivity index (χ4v) is 2.50. The van der Waals surface area contributed by atoms with Crippen LogP contribution in [0.3, 0.4) is 0 Å². The Labute approximate surface area is 136 Å². The maximum Gasteiger partial charge on any atom is 0.120 e. The van der Waals surface area contributed by atoms with Crippen molar-refractivity contribution in [2.75, 3.05) is 18.5 Å². The van der Waals surface area contributed by atoms with E-state index in [0.29, 0.717) is 6.54 Å². The molecular weight excluding hydrogens is 286 g/mol. The Morgan fingerprint density at radius 2 is 1.78 bits per heavy atom. The molecule has 3 heteroatoms. The summed E-state index contributed by atoms with van der Waals surface area (Å²) in [6.45, 7) is 2.76. The van der Waals surface area contributed by atoms with E-state index in [2.05, 4.69) is 23.5 Å². The maximum atomic E-state index is 10.1. The third-order valence-electron chi connectivity index (χ3n) is 3.72. The lowest BCUT2D eigenvalue weighted by Crippen LogP contribution is -2.26. The minimum atomic E-state index is -0.568. The molecule has 0 radical (unpaired) electrons. The predicted octanol–water partition coefficient (Wildman–Crippen LogP) is 4.00. The van der Waals surface area contributed by atoms with Gasteiger partial charge in [-0.15, -0.1) is 0 Å². The average molecular weight is 307 g/mol. The molecule has 0 heterocycles. The molecule has 0 aliphatic carbocycles. The molecule has 118 valence electrons. The number of aryl methyl sites for hydroxylation is 1. The lowest BCUT2D eigenvalue weighted by Gasteiger charge is -2.14. The van der Waals surface area contributed by atoms with Crippen LogP contribution in [0.2, 0.25) is 0 Å². The minimum absolute atomic E-state index is 0.261. The molecule has 0 amide bonds.